The number of nitriles is 1. The standard InChI is InChI=1S/C16H14N2O/c1-2-18(15-9-4-3-5-10-15)16(19)14-8-6-7-13(11-14)12-17/h3-11H,2H2,1H3. The Labute approximate surface area is 112 Å². The van der Waals surface area contributed by atoms with E-state index in [1.807, 2.05) is 43.3 Å². The van der Waals surface area contributed by atoms with Gasteiger partial charge in [-0.15, -0.1) is 0 Å². The van der Waals surface area contributed by atoms with Crippen LogP contribution in [0.5, 0.6) is 0 Å². The summed E-state index contributed by atoms with van der Waals surface area (Å²) in [6.07, 6.45) is 0. The van der Waals surface area contributed by atoms with Crippen LogP contribution in [0.25, 0.3) is 0 Å². The molecule has 0 heterocycles. The molecule has 0 aliphatic rings. The molecule has 3 nitrogen and oxygen atoms in total. The van der Waals surface area contributed by atoms with Gasteiger partial charge in [-0.2, -0.15) is 5.26 Å². The second-order valence-electron chi connectivity index (χ2n) is 4.08. The summed E-state index contributed by atoms with van der Waals surface area (Å²) in [5, 5.41) is 8.88. The Balaban J connectivity index is 2.34. The Morgan fingerprint density at radius 1 is 1.16 bits per heavy atom. The number of carbonyl (C=O) groups is 1. The number of nitrogens with zero attached hydrogens (tertiary/aromatic N) is 2. The third kappa shape index (κ3) is 2.80. The molecule has 0 saturated heterocycles. The van der Waals surface area contributed by atoms with Gasteiger partial charge < -0.3 is 4.90 Å². The van der Waals surface area contributed by atoms with Gasteiger partial charge in [-0.25, -0.2) is 0 Å². The molecule has 0 spiro atoms. The van der Waals surface area contributed by atoms with Crippen molar-refractivity contribution in [3.05, 3.63) is 65.7 Å². The van der Waals surface area contributed by atoms with E-state index in [9.17, 15) is 4.79 Å². The summed E-state index contributed by atoms with van der Waals surface area (Å²) in [4.78, 5) is 14.2. The molecule has 0 fully saturated rings. The maximum Gasteiger partial charge on any atom is 0.258 e. The van der Waals surface area contributed by atoms with Crippen LogP contribution in [0.2, 0.25) is 0 Å². The van der Waals surface area contributed by atoms with E-state index in [1.165, 1.54) is 0 Å². The lowest BCUT2D eigenvalue weighted by Gasteiger charge is -2.21. The highest BCUT2D eigenvalue weighted by Gasteiger charge is 2.15. The van der Waals surface area contributed by atoms with E-state index in [4.69, 9.17) is 5.26 Å². The molecule has 0 atom stereocenters. The van der Waals surface area contributed by atoms with Crippen molar-refractivity contribution >= 4 is 11.6 Å². The molecule has 2 aromatic rings. The molecular formula is C16H14N2O. The molecule has 0 saturated carbocycles. The van der Waals surface area contributed by atoms with E-state index >= 15 is 0 Å². The van der Waals surface area contributed by atoms with Gasteiger partial charge in [0.2, 0.25) is 0 Å². The molecule has 0 bridgehead atoms. The van der Waals surface area contributed by atoms with Crippen LogP contribution in [0, 0.1) is 11.3 Å². The van der Waals surface area contributed by atoms with Crippen molar-refractivity contribution < 1.29 is 4.79 Å². The fourth-order valence-corrected chi connectivity index (χ4v) is 1.93. The summed E-state index contributed by atoms with van der Waals surface area (Å²) in [6, 6.07) is 18.3. The van der Waals surface area contributed by atoms with Crippen molar-refractivity contribution in [2.24, 2.45) is 0 Å². The van der Waals surface area contributed by atoms with Gasteiger partial charge in [0, 0.05) is 17.8 Å². The van der Waals surface area contributed by atoms with E-state index in [1.54, 1.807) is 29.2 Å². The van der Waals surface area contributed by atoms with Crippen LogP contribution in [0.15, 0.2) is 54.6 Å². The van der Waals surface area contributed by atoms with Gasteiger partial charge in [0.05, 0.1) is 11.6 Å². The highest BCUT2D eigenvalue weighted by Crippen LogP contribution is 2.17. The molecule has 0 aliphatic carbocycles. The quantitative estimate of drug-likeness (QED) is 0.839. The van der Waals surface area contributed by atoms with Crippen molar-refractivity contribution in [2.75, 3.05) is 11.4 Å². The van der Waals surface area contributed by atoms with Crippen molar-refractivity contribution in [2.45, 2.75) is 6.92 Å². The average molecular weight is 250 g/mol. The predicted molar refractivity (Wildman–Crippen MR) is 74.9 cm³/mol. The normalized spacial score (nSPS) is 9.68. The Morgan fingerprint density at radius 2 is 1.89 bits per heavy atom. The molecule has 0 aromatic heterocycles. The summed E-state index contributed by atoms with van der Waals surface area (Å²) >= 11 is 0. The minimum Gasteiger partial charge on any atom is -0.309 e. The number of rotatable bonds is 3. The maximum atomic E-state index is 12.5. The van der Waals surface area contributed by atoms with Gasteiger partial charge in [0.1, 0.15) is 0 Å². The zero-order valence-corrected chi connectivity index (χ0v) is 10.7. The molecule has 19 heavy (non-hydrogen) atoms. The van der Waals surface area contributed by atoms with Gasteiger partial charge >= 0.3 is 0 Å². The highest BCUT2D eigenvalue weighted by atomic mass is 16.2. The predicted octanol–water partition coefficient (Wildman–Crippen LogP) is 3.22. The van der Waals surface area contributed by atoms with Gasteiger partial charge in [0.15, 0.2) is 0 Å². The fraction of sp³-hybridized carbons (Fsp3) is 0.125. The smallest absolute Gasteiger partial charge is 0.258 e. The lowest BCUT2D eigenvalue weighted by atomic mass is 10.1. The lowest BCUT2D eigenvalue weighted by molar-refractivity contribution is 0.0988. The first-order valence-corrected chi connectivity index (χ1v) is 6.13. The van der Waals surface area contributed by atoms with Crippen LogP contribution >= 0.6 is 0 Å². The minimum atomic E-state index is -0.0919. The maximum absolute atomic E-state index is 12.5. The Bertz CT molecular complexity index is 614. The van der Waals surface area contributed by atoms with Crippen LogP contribution in [0.3, 0.4) is 0 Å². The molecular weight excluding hydrogens is 236 g/mol. The number of carbonyl (C=O) groups excluding carboxylic acids is 1. The van der Waals surface area contributed by atoms with Crippen molar-refractivity contribution in [3.63, 3.8) is 0 Å². The molecule has 2 aromatic carbocycles. The van der Waals surface area contributed by atoms with Crippen LogP contribution in [-0.2, 0) is 0 Å². The monoisotopic (exact) mass is 250 g/mol. The second-order valence-corrected chi connectivity index (χ2v) is 4.08. The summed E-state index contributed by atoms with van der Waals surface area (Å²) in [7, 11) is 0. The first-order valence-electron chi connectivity index (χ1n) is 6.13. The number of hydrogen-bond acceptors (Lipinski definition) is 2. The van der Waals surface area contributed by atoms with Crippen molar-refractivity contribution in [1.29, 1.82) is 5.26 Å². The van der Waals surface area contributed by atoms with Crippen LogP contribution < -0.4 is 4.90 Å². The lowest BCUT2D eigenvalue weighted by Crippen LogP contribution is -2.30. The van der Waals surface area contributed by atoms with E-state index in [0.29, 0.717) is 17.7 Å². The molecule has 2 rings (SSSR count). The summed E-state index contributed by atoms with van der Waals surface area (Å²) in [5.74, 6) is -0.0919. The SMILES string of the molecule is CCN(C(=O)c1cccc(C#N)c1)c1ccccc1. The van der Waals surface area contributed by atoms with E-state index in [2.05, 4.69) is 0 Å². The first kappa shape index (κ1) is 12.8. The highest BCUT2D eigenvalue weighted by molar-refractivity contribution is 6.06. The summed E-state index contributed by atoms with van der Waals surface area (Å²) in [5.41, 5.74) is 1.89. The number of hydrogen-bond donors (Lipinski definition) is 0. The summed E-state index contributed by atoms with van der Waals surface area (Å²) in [6.45, 7) is 2.51. The molecule has 94 valence electrons. The van der Waals surface area contributed by atoms with Gasteiger partial charge in [-0.3, -0.25) is 4.79 Å². The van der Waals surface area contributed by atoms with Crippen LogP contribution in [-0.4, -0.2) is 12.5 Å². The number of para-hydroxylation sites is 1. The van der Waals surface area contributed by atoms with E-state index in [0.717, 1.165) is 5.69 Å². The third-order valence-electron chi connectivity index (χ3n) is 2.87. The number of amides is 1. The van der Waals surface area contributed by atoms with Crippen LogP contribution in [0.4, 0.5) is 5.69 Å². The average Bonchev–Trinajstić information content (AvgIpc) is 2.49. The fourth-order valence-electron chi connectivity index (χ4n) is 1.93. The number of anilines is 1. The third-order valence-corrected chi connectivity index (χ3v) is 2.87. The van der Waals surface area contributed by atoms with Gasteiger partial charge in [-0.1, -0.05) is 24.3 Å². The molecule has 0 radical (unpaired) electrons. The summed E-state index contributed by atoms with van der Waals surface area (Å²) < 4.78 is 0. The Morgan fingerprint density at radius 3 is 2.53 bits per heavy atom. The molecule has 1 amide bonds. The number of benzene rings is 2. The van der Waals surface area contributed by atoms with E-state index < -0.39 is 0 Å². The zero-order chi connectivity index (χ0) is 13.7. The second kappa shape index (κ2) is 5.83. The molecule has 0 aliphatic heterocycles. The van der Waals surface area contributed by atoms with Crippen molar-refractivity contribution in [3.8, 4) is 6.07 Å². The van der Waals surface area contributed by atoms with Gasteiger partial charge in [0.25, 0.3) is 5.91 Å². The minimum absolute atomic E-state index is 0.0919. The van der Waals surface area contributed by atoms with Crippen molar-refractivity contribution in [1.82, 2.24) is 0 Å². The topological polar surface area (TPSA) is 44.1 Å². The van der Waals surface area contributed by atoms with E-state index in [-0.39, 0.29) is 5.91 Å². The molecule has 3 heteroatoms. The first-order chi connectivity index (χ1) is 9.26. The Hall–Kier alpha value is -2.60. The Kier molecular flexibility index (Phi) is 3.94. The van der Waals surface area contributed by atoms with Crippen LogP contribution in [0.1, 0.15) is 22.8 Å². The largest absolute Gasteiger partial charge is 0.309 e. The van der Waals surface area contributed by atoms with Gasteiger partial charge in [-0.05, 0) is 37.3 Å². The zero-order valence-electron chi connectivity index (χ0n) is 10.7. The molecule has 0 N–H and O–H groups in total. The molecule has 0 unspecified atom stereocenters.